The number of guanidine groups is 1. The molecule has 0 aliphatic rings. The van der Waals surface area contributed by atoms with Gasteiger partial charge < -0.3 is 20.5 Å². The van der Waals surface area contributed by atoms with Crippen LogP contribution >= 0.6 is 11.3 Å². The number of thiophene rings is 1. The number of nitrogens with two attached hydrogens (primary N) is 1. The van der Waals surface area contributed by atoms with E-state index in [2.05, 4.69) is 41.7 Å². The third kappa shape index (κ3) is 4.39. The Morgan fingerprint density at radius 2 is 1.96 bits per heavy atom. The normalized spacial score (nSPS) is 12.1. The summed E-state index contributed by atoms with van der Waals surface area (Å²) in [5, 5.41) is 5.16. The number of aliphatic imine (C=N–C) groups is 1. The van der Waals surface area contributed by atoms with E-state index in [0.717, 1.165) is 5.69 Å². The fraction of sp³-hybridized carbons (Fsp3) is 0.353. The summed E-state index contributed by atoms with van der Waals surface area (Å²) >= 11 is 1.73. The standard InChI is InChI=1S/C17H23N3O2S/c1-17(2,15-6-5-9-23-15)11-19-16(18)20-12-7-8-13(21-3)14(10-12)22-4/h5-10H,11H2,1-4H3,(H3,18,19,20). The highest BCUT2D eigenvalue weighted by atomic mass is 32.1. The van der Waals surface area contributed by atoms with Gasteiger partial charge in [-0.1, -0.05) is 19.9 Å². The van der Waals surface area contributed by atoms with Crippen molar-refractivity contribution in [3.63, 3.8) is 0 Å². The molecule has 1 aromatic carbocycles. The first-order chi connectivity index (χ1) is 11.0. The molecule has 1 heterocycles. The molecule has 0 fully saturated rings. The Bertz CT molecular complexity index is 666. The van der Waals surface area contributed by atoms with Crippen LogP contribution in [-0.4, -0.2) is 26.7 Å². The first-order valence-electron chi connectivity index (χ1n) is 7.29. The topological polar surface area (TPSA) is 68.9 Å². The predicted octanol–water partition coefficient (Wildman–Crippen LogP) is 3.47. The molecule has 0 saturated heterocycles. The molecule has 0 spiro atoms. The Balaban J connectivity index is 2.05. The smallest absolute Gasteiger partial charge is 0.193 e. The molecular formula is C17H23N3O2S. The van der Waals surface area contributed by atoms with Gasteiger partial charge in [-0.05, 0) is 23.6 Å². The van der Waals surface area contributed by atoms with Gasteiger partial charge in [0.1, 0.15) is 0 Å². The Morgan fingerprint density at radius 1 is 1.22 bits per heavy atom. The van der Waals surface area contributed by atoms with Crippen LogP contribution in [0, 0.1) is 0 Å². The second-order valence-electron chi connectivity index (χ2n) is 5.76. The summed E-state index contributed by atoms with van der Waals surface area (Å²) in [5.74, 6) is 1.69. The highest BCUT2D eigenvalue weighted by molar-refractivity contribution is 7.10. The van der Waals surface area contributed by atoms with Crippen molar-refractivity contribution in [1.29, 1.82) is 0 Å². The lowest BCUT2D eigenvalue weighted by Gasteiger charge is -2.21. The first-order valence-corrected chi connectivity index (χ1v) is 8.17. The number of rotatable bonds is 6. The summed E-state index contributed by atoms with van der Waals surface area (Å²) in [5.41, 5.74) is 6.76. The molecule has 0 bridgehead atoms. The van der Waals surface area contributed by atoms with Gasteiger partial charge in [0.25, 0.3) is 0 Å². The van der Waals surface area contributed by atoms with E-state index in [4.69, 9.17) is 15.2 Å². The first kappa shape index (κ1) is 17.1. The zero-order valence-electron chi connectivity index (χ0n) is 13.9. The summed E-state index contributed by atoms with van der Waals surface area (Å²) < 4.78 is 10.5. The van der Waals surface area contributed by atoms with Crippen molar-refractivity contribution in [3.8, 4) is 11.5 Å². The number of benzene rings is 1. The van der Waals surface area contributed by atoms with Crippen LogP contribution in [0.2, 0.25) is 0 Å². The van der Waals surface area contributed by atoms with Crippen LogP contribution in [0.25, 0.3) is 0 Å². The molecule has 6 heteroatoms. The molecule has 2 aromatic rings. The van der Waals surface area contributed by atoms with E-state index in [1.807, 2.05) is 18.2 Å². The minimum absolute atomic E-state index is 0.0436. The van der Waals surface area contributed by atoms with Crippen LogP contribution in [-0.2, 0) is 5.41 Å². The van der Waals surface area contributed by atoms with Crippen molar-refractivity contribution in [1.82, 2.24) is 0 Å². The average molecular weight is 333 g/mol. The summed E-state index contributed by atoms with van der Waals surface area (Å²) in [6.45, 7) is 4.93. The fourth-order valence-corrected chi connectivity index (χ4v) is 2.97. The molecule has 0 aliphatic heterocycles. The van der Waals surface area contributed by atoms with E-state index in [1.165, 1.54) is 4.88 Å². The molecule has 124 valence electrons. The van der Waals surface area contributed by atoms with Crippen LogP contribution in [0.15, 0.2) is 40.7 Å². The second kappa shape index (κ2) is 7.37. The lowest BCUT2D eigenvalue weighted by Crippen LogP contribution is -2.27. The minimum atomic E-state index is -0.0436. The largest absolute Gasteiger partial charge is 0.493 e. The van der Waals surface area contributed by atoms with Crippen LogP contribution in [0.1, 0.15) is 18.7 Å². The van der Waals surface area contributed by atoms with Crippen LogP contribution in [0.4, 0.5) is 5.69 Å². The van der Waals surface area contributed by atoms with E-state index >= 15 is 0 Å². The summed E-state index contributed by atoms with van der Waals surface area (Å²) in [4.78, 5) is 5.75. The molecular weight excluding hydrogens is 310 g/mol. The number of hydrogen-bond acceptors (Lipinski definition) is 4. The number of nitrogens with zero attached hydrogens (tertiary/aromatic N) is 1. The molecule has 0 radical (unpaired) electrons. The molecule has 23 heavy (non-hydrogen) atoms. The van der Waals surface area contributed by atoms with Crippen molar-refractivity contribution >= 4 is 23.0 Å². The Kier molecular flexibility index (Phi) is 5.50. The molecule has 2 rings (SSSR count). The van der Waals surface area contributed by atoms with E-state index in [-0.39, 0.29) is 5.41 Å². The Hall–Kier alpha value is -2.21. The van der Waals surface area contributed by atoms with Gasteiger partial charge in [-0.3, -0.25) is 4.99 Å². The van der Waals surface area contributed by atoms with Gasteiger partial charge >= 0.3 is 0 Å². The fourth-order valence-electron chi connectivity index (χ4n) is 2.13. The maximum atomic E-state index is 6.00. The maximum Gasteiger partial charge on any atom is 0.193 e. The van der Waals surface area contributed by atoms with Gasteiger partial charge in [0.05, 0.1) is 20.8 Å². The van der Waals surface area contributed by atoms with Gasteiger partial charge in [-0.2, -0.15) is 0 Å². The highest BCUT2D eigenvalue weighted by Gasteiger charge is 2.21. The zero-order chi connectivity index (χ0) is 16.9. The lowest BCUT2D eigenvalue weighted by molar-refractivity contribution is 0.355. The predicted molar refractivity (Wildman–Crippen MR) is 97.0 cm³/mol. The summed E-state index contributed by atoms with van der Waals surface area (Å²) in [7, 11) is 3.20. The van der Waals surface area contributed by atoms with Gasteiger partial charge in [0, 0.05) is 22.0 Å². The number of anilines is 1. The maximum absolute atomic E-state index is 6.00. The monoisotopic (exact) mass is 333 g/mol. The minimum Gasteiger partial charge on any atom is -0.493 e. The van der Waals surface area contributed by atoms with Crippen LogP contribution < -0.4 is 20.5 Å². The van der Waals surface area contributed by atoms with Crippen molar-refractivity contribution < 1.29 is 9.47 Å². The number of methoxy groups -OCH3 is 2. The summed E-state index contributed by atoms with van der Waals surface area (Å²) in [6.07, 6.45) is 0. The van der Waals surface area contributed by atoms with Crippen LogP contribution in [0.5, 0.6) is 11.5 Å². The molecule has 5 nitrogen and oxygen atoms in total. The zero-order valence-corrected chi connectivity index (χ0v) is 14.7. The Morgan fingerprint density at radius 3 is 2.57 bits per heavy atom. The second-order valence-corrected chi connectivity index (χ2v) is 6.71. The molecule has 0 saturated carbocycles. The highest BCUT2D eigenvalue weighted by Crippen LogP contribution is 2.30. The number of hydrogen-bond donors (Lipinski definition) is 2. The van der Waals surface area contributed by atoms with E-state index in [0.29, 0.717) is 24.0 Å². The van der Waals surface area contributed by atoms with Crippen LogP contribution in [0.3, 0.4) is 0 Å². The Labute approximate surface area is 141 Å². The average Bonchev–Trinajstić information content (AvgIpc) is 3.08. The number of ether oxygens (including phenoxy) is 2. The molecule has 3 N–H and O–H groups in total. The van der Waals surface area contributed by atoms with Crippen molar-refractivity contribution in [2.75, 3.05) is 26.1 Å². The van der Waals surface area contributed by atoms with Gasteiger partial charge in [-0.15, -0.1) is 11.3 Å². The van der Waals surface area contributed by atoms with Gasteiger partial charge in [-0.25, -0.2) is 0 Å². The van der Waals surface area contributed by atoms with E-state index in [1.54, 1.807) is 25.6 Å². The third-order valence-electron chi connectivity index (χ3n) is 3.49. The SMILES string of the molecule is COc1ccc(NC(N)=NCC(C)(C)c2cccs2)cc1OC. The molecule has 0 unspecified atom stereocenters. The third-order valence-corrected chi connectivity index (χ3v) is 4.72. The van der Waals surface area contributed by atoms with Gasteiger partial charge in [0.15, 0.2) is 17.5 Å². The molecule has 0 atom stereocenters. The van der Waals surface area contributed by atoms with E-state index in [9.17, 15) is 0 Å². The molecule has 0 amide bonds. The molecule has 0 aliphatic carbocycles. The lowest BCUT2D eigenvalue weighted by atomic mass is 9.92. The van der Waals surface area contributed by atoms with Gasteiger partial charge in [0.2, 0.25) is 0 Å². The molecule has 1 aromatic heterocycles. The quantitative estimate of drug-likeness (QED) is 0.627. The summed E-state index contributed by atoms with van der Waals surface area (Å²) in [6, 6.07) is 9.69. The van der Waals surface area contributed by atoms with Crippen molar-refractivity contribution in [2.45, 2.75) is 19.3 Å². The van der Waals surface area contributed by atoms with Crippen molar-refractivity contribution in [3.05, 3.63) is 40.6 Å². The van der Waals surface area contributed by atoms with Crippen molar-refractivity contribution in [2.24, 2.45) is 10.7 Å². The number of nitrogens with one attached hydrogen (secondary N) is 1. The van der Waals surface area contributed by atoms with E-state index < -0.39 is 0 Å².